The zero-order valence-electron chi connectivity index (χ0n) is 13.1. The van der Waals surface area contributed by atoms with Crippen LogP contribution in [0.25, 0.3) is 11.5 Å². The summed E-state index contributed by atoms with van der Waals surface area (Å²) in [5.74, 6) is -1.28. The van der Waals surface area contributed by atoms with Crippen LogP contribution in [-0.4, -0.2) is 35.1 Å². The lowest BCUT2D eigenvalue weighted by Crippen LogP contribution is -2.44. The Morgan fingerprint density at radius 3 is 2.75 bits per heavy atom. The average molecular weight is 338 g/mol. The number of furan rings is 1. The van der Waals surface area contributed by atoms with Crippen molar-refractivity contribution < 1.29 is 22.4 Å². The molecule has 4 nitrogen and oxygen atoms in total. The summed E-state index contributed by atoms with van der Waals surface area (Å²) in [7, 11) is 0. The molecule has 2 aromatic rings. The van der Waals surface area contributed by atoms with Crippen molar-refractivity contribution in [1.29, 1.82) is 0 Å². The molecule has 24 heavy (non-hydrogen) atoms. The van der Waals surface area contributed by atoms with Gasteiger partial charge in [0, 0.05) is 13.1 Å². The van der Waals surface area contributed by atoms with Crippen LogP contribution < -0.4 is 0 Å². The van der Waals surface area contributed by atoms with Gasteiger partial charge in [0.1, 0.15) is 5.69 Å². The number of carbonyl (C=O) groups excluding carboxylic acids is 1. The summed E-state index contributed by atoms with van der Waals surface area (Å²) in [5, 5.41) is 0. The summed E-state index contributed by atoms with van der Waals surface area (Å²) in [6, 6.07) is 6.72. The third kappa shape index (κ3) is 3.29. The van der Waals surface area contributed by atoms with E-state index in [9.17, 15) is 18.0 Å². The van der Waals surface area contributed by atoms with Crippen molar-refractivity contribution in [2.45, 2.75) is 25.9 Å². The van der Waals surface area contributed by atoms with E-state index in [1.807, 2.05) is 0 Å². The number of alkyl halides is 3. The number of halogens is 3. The Hall–Kier alpha value is -2.31. The lowest BCUT2D eigenvalue weighted by Gasteiger charge is -2.34. The second-order valence-electron chi connectivity index (χ2n) is 5.94. The van der Waals surface area contributed by atoms with Crippen molar-refractivity contribution in [3.05, 3.63) is 41.8 Å². The lowest BCUT2D eigenvalue weighted by atomic mass is 9.96. The monoisotopic (exact) mass is 338 g/mol. The van der Waals surface area contributed by atoms with E-state index in [1.54, 1.807) is 31.2 Å². The highest BCUT2D eigenvalue weighted by atomic mass is 19.4. The molecule has 0 N–H and O–H groups in total. The minimum atomic E-state index is -4.27. The average Bonchev–Trinajstić information content (AvgIpc) is 3.08. The molecule has 7 heteroatoms. The molecule has 0 saturated carbocycles. The van der Waals surface area contributed by atoms with Gasteiger partial charge in [-0.25, -0.2) is 4.98 Å². The molecule has 3 rings (SSSR count). The summed E-state index contributed by atoms with van der Waals surface area (Å²) in [6.45, 7) is 1.72. The number of nitrogens with zero attached hydrogens (tertiary/aromatic N) is 2. The van der Waals surface area contributed by atoms with E-state index in [4.69, 9.17) is 4.42 Å². The SMILES string of the molecule is Cc1nc(-c2ccco2)ccc1C(=O)N1CCC[C@@H](C(F)(F)F)C1. The molecule has 1 aliphatic rings. The zero-order chi connectivity index (χ0) is 17.3. The van der Waals surface area contributed by atoms with Gasteiger partial charge >= 0.3 is 6.18 Å². The third-order valence-corrected chi connectivity index (χ3v) is 4.26. The topological polar surface area (TPSA) is 46.3 Å². The second-order valence-corrected chi connectivity index (χ2v) is 5.94. The van der Waals surface area contributed by atoms with E-state index in [2.05, 4.69) is 4.98 Å². The van der Waals surface area contributed by atoms with Crippen LogP contribution in [0.2, 0.25) is 0 Å². The van der Waals surface area contributed by atoms with Gasteiger partial charge in [0.2, 0.25) is 0 Å². The lowest BCUT2D eigenvalue weighted by molar-refractivity contribution is -0.184. The van der Waals surface area contributed by atoms with Gasteiger partial charge in [0.05, 0.1) is 23.4 Å². The van der Waals surface area contributed by atoms with E-state index in [-0.39, 0.29) is 13.0 Å². The van der Waals surface area contributed by atoms with Crippen molar-refractivity contribution in [2.75, 3.05) is 13.1 Å². The predicted octanol–water partition coefficient (Wildman–Crippen LogP) is 4.06. The second kappa shape index (κ2) is 6.30. The molecule has 1 fully saturated rings. The zero-order valence-corrected chi connectivity index (χ0v) is 13.1. The summed E-state index contributed by atoms with van der Waals surface area (Å²) >= 11 is 0. The molecule has 0 bridgehead atoms. The van der Waals surface area contributed by atoms with Gasteiger partial charge in [-0.2, -0.15) is 13.2 Å². The quantitative estimate of drug-likeness (QED) is 0.829. The van der Waals surface area contributed by atoms with Crippen LogP contribution in [0, 0.1) is 12.8 Å². The maximum atomic E-state index is 12.9. The Morgan fingerprint density at radius 1 is 1.33 bits per heavy atom. The number of amides is 1. The van der Waals surface area contributed by atoms with Gasteiger partial charge in [-0.3, -0.25) is 4.79 Å². The van der Waals surface area contributed by atoms with Crippen LogP contribution in [0.1, 0.15) is 28.9 Å². The summed E-state index contributed by atoms with van der Waals surface area (Å²) < 4.78 is 44.0. The summed E-state index contributed by atoms with van der Waals surface area (Å²) in [6.07, 6.45) is -2.32. The van der Waals surface area contributed by atoms with Gasteiger partial charge in [0.15, 0.2) is 5.76 Å². The molecule has 0 aliphatic carbocycles. The van der Waals surface area contributed by atoms with Gasteiger partial charge in [0.25, 0.3) is 5.91 Å². The molecule has 1 atom stereocenters. The van der Waals surface area contributed by atoms with Crippen LogP contribution in [-0.2, 0) is 0 Å². The fraction of sp³-hybridized carbons (Fsp3) is 0.412. The molecule has 1 aliphatic heterocycles. The van der Waals surface area contributed by atoms with Crippen LogP contribution in [0.3, 0.4) is 0 Å². The first-order valence-corrected chi connectivity index (χ1v) is 7.74. The summed E-state index contributed by atoms with van der Waals surface area (Å²) in [4.78, 5) is 18.2. The molecule has 1 amide bonds. The first-order valence-electron chi connectivity index (χ1n) is 7.74. The van der Waals surface area contributed by atoms with E-state index in [1.165, 1.54) is 11.2 Å². The Kier molecular flexibility index (Phi) is 4.34. The van der Waals surface area contributed by atoms with Crippen LogP contribution >= 0.6 is 0 Å². The predicted molar refractivity (Wildman–Crippen MR) is 81.4 cm³/mol. The van der Waals surface area contributed by atoms with Crippen LogP contribution in [0.15, 0.2) is 34.9 Å². The van der Waals surface area contributed by atoms with Crippen molar-refractivity contribution in [1.82, 2.24) is 9.88 Å². The highest BCUT2D eigenvalue weighted by Crippen LogP contribution is 2.33. The van der Waals surface area contributed by atoms with Crippen molar-refractivity contribution in [3.63, 3.8) is 0 Å². The molecule has 128 valence electrons. The molecule has 3 heterocycles. The number of hydrogen-bond acceptors (Lipinski definition) is 3. The fourth-order valence-electron chi connectivity index (χ4n) is 2.95. The van der Waals surface area contributed by atoms with Crippen LogP contribution in [0.4, 0.5) is 13.2 Å². The fourth-order valence-corrected chi connectivity index (χ4v) is 2.95. The number of likely N-dealkylation sites (tertiary alicyclic amines) is 1. The highest BCUT2D eigenvalue weighted by Gasteiger charge is 2.42. The van der Waals surface area contributed by atoms with Crippen molar-refractivity contribution in [2.24, 2.45) is 5.92 Å². The highest BCUT2D eigenvalue weighted by molar-refractivity contribution is 5.95. The van der Waals surface area contributed by atoms with Crippen molar-refractivity contribution >= 4 is 5.91 Å². The Morgan fingerprint density at radius 2 is 2.12 bits per heavy atom. The standard InChI is InChI=1S/C17H17F3N2O2/c1-11-13(6-7-14(21-11)15-5-3-9-24-15)16(23)22-8-2-4-12(10-22)17(18,19)20/h3,5-7,9,12H,2,4,8,10H2,1H3/t12-/m1/s1. The molecule has 0 spiro atoms. The Bertz CT molecular complexity index is 726. The first-order chi connectivity index (χ1) is 11.4. The number of carbonyl (C=O) groups is 1. The largest absolute Gasteiger partial charge is 0.463 e. The molecule has 0 unspecified atom stereocenters. The summed E-state index contributed by atoms with van der Waals surface area (Å²) in [5.41, 5.74) is 1.39. The van der Waals surface area contributed by atoms with E-state index < -0.39 is 18.0 Å². The smallest absolute Gasteiger partial charge is 0.393 e. The van der Waals surface area contributed by atoms with E-state index in [0.29, 0.717) is 35.7 Å². The number of pyridine rings is 1. The molecule has 0 aromatic carbocycles. The van der Waals surface area contributed by atoms with Crippen LogP contribution in [0.5, 0.6) is 0 Å². The number of aryl methyl sites for hydroxylation is 1. The molecule has 1 saturated heterocycles. The minimum absolute atomic E-state index is 0.0714. The maximum Gasteiger partial charge on any atom is 0.393 e. The first kappa shape index (κ1) is 16.5. The third-order valence-electron chi connectivity index (χ3n) is 4.26. The Balaban J connectivity index is 1.80. The number of aromatic nitrogens is 1. The van der Waals surface area contributed by atoms with Gasteiger partial charge < -0.3 is 9.32 Å². The van der Waals surface area contributed by atoms with E-state index >= 15 is 0 Å². The normalized spacial score (nSPS) is 18.7. The van der Waals surface area contributed by atoms with Gasteiger partial charge in [-0.1, -0.05) is 0 Å². The maximum absolute atomic E-state index is 12.9. The number of piperidine rings is 1. The minimum Gasteiger partial charge on any atom is -0.463 e. The van der Waals surface area contributed by atoms with E-state index in [0.717, 1.165) is 0 Å². The molecule has 0 radical (unpaired) electrons. The number of hydrogen-bond donors (Lipinski definition) is 0. The van der Waals surface area contributed by atoms with Gasteiger partial charge in [-0.05, 0) is 44.0 Å². The molecular weight excluding hydrogens is 321 g/mol. The Labute approximate surface area is 137 Å². The molecule has 2 aromatic heterocycles. The molecular formula is C17H17F3N2O2. The number of rotatable bonds is 2. The van der Waals surface area contributed by atoms with Crippen molar-refractivity contribution in [3.8, 4) is 11.5 Å². The van der Waals surface area contributed by atoms with Gasteiger partial charge in [-0.15, -0.1) is 0 Å².